The van der Waals surface area contributed by atoms with E-state index in [1.54, 1.807) is 19.3 Å². The van der Waals surface area contributed by atoms with Crippen molar-refractivity contribution in [1.29, 1.82) is 0 Å². The Hall–Kier alpha value is -5.81. The van der Waals surface area contributed by atoms with Crippen LogP contribution in [0.1, 0.15) is 75.6 Å². The first kappa shape index (κ1) is 30.3. The van der Waals surface area contributed by atoms with Gasteiger partial charge in [-0.05, 0) is 106 Å². The molecule has 1 fully saturated rings. The standard InChI is InChI=1S/C45H37N3O2/c1-50-45-43-38(24-23-35(29-9-4-2-5-10-29)30-15-19-34(20-16-30)48-27-6-3-7-28-48)40(49)26-25-39(43)46-44(47-45)37-22-18-33-14-13-31-11-8-12-32-17-21-36(37)42(33)41(31)32/h2,4-5,8-11,13-26,37H,3,6-7,12,27-28H2,1H3/b35-23+,38-24+. The molecule has 1 unspecified atom stereocenters. The van der Waals surface area contributed by atoms with Crippen molar-refractivity contribution >= 4 is 51.6 Å². The smallest absolute Gasteiger partial charge is 0.225 e. The maximum atomic E-state index is 13.6. The van der Waals surface area contributed by atoms with Crippen molar-refractivity contribution in [2.24, 2.45) is 0 Å². The van der Waals surface area contributed by atoms with Gasteiger partial charge in [0.25, 0.3) is 0 Å². The van der Waals surface area contributed by atoms with Gasteiger partial charge in [-0.2, -0.15) is 4.98 Å². The Morgan fingerprint density at radius 3 is 2.38 bits per heavy atom. The molecule has 5 nitrogen and oxygen atoms in total. The third-order valence-electron chi connectivity index (χ3n) is 10.5. The summed E-state index contributed by atoms with van der Waals surface area (Å²) < 4.78 is 5.94. The number of anilines is 1. The van der Waals surface area contributed by atoms with Crippen molar-refractivity contribution in [3.63, 3.8) is 0 Å². The molecule has 3 aliphatic carbocycles. The number of benzene rings is 4. The molecule has 4 aromatic carbocycles. The Morgan fingerprint density at radius 2 is 1.58 bits per heavy atom. The first-order chi connectivity index (χ1) is 24.7. The summed E-state index contributed by atoms with van der Waals surface area (Å²) in [5.41, 5.74) is 11.3. The van der Waals surface area contributed by atoms with Crippen LogP contribution in [-0.2, 0) is 11.2 Å². The summed E-state index contributed by atoms with van der Waals surface area (Å²) in [5, 5.41) is 2.59. The van der Waals surface area contributed by atoms with E-state index in [-0.39, 0.29) is 11.7 Å². The predicted octanol–water partition coefficient (Wildman–Crippen LogP) is 9.47. The lowest BCUT2D eigenvalue weighted by Crippen LogP contribution is -2.29. The van der Waals surface area contributed by atoms with Crippen molar-refractivity contribution in [1.82, 2.24) is 9.97 Å². The van der Waals surface area contributed by atoms with Crippen LogP contribution in [0, 0.1) is 0 Å². The van der Waals surface area contributed by atoms with Gasteiger partial charge in [0, 0.05) is 24.4 Å². The Labute approximate surface area is 292 Å². The number of hydrogen-bond acceptors (Lipinski definition) is 5. The molecule has 1 saturated heterocycles. The lowest BCUT2D eigenvalue weighted by Gasteiger charge is -2.29. The first-order valence-corrected chi connectivity index (χ1v) is 17.6. The summed E-state index contributed by atoms with van der Waals surface area (Å²) in [6.45, 7) is 2.21. The monoisotopic (exact) mass is 651 g/mol. The van der Waals surface area contributed by atoms with Crippen molar-refractivity contribution < 1.29 is 9.53 Å². The first-order valence-electron chi connectivity index (χ1n) is 17.6. The quantitative estimate of drug-likeness (QED) is 0.171. The van der Waals surface area contributed by atoms with Crippen LogP contribution in [0.3, 0.4) is 0 Å². The van der Waals surface area contributed by atoms with Gasteiger partial charge in [-0.3, -0.25) is 4.79 Å². The molecule has 0 N–H and O–H groups in total. The number of ether oxygens (including phenoxy) is 1. The normalized spacial score (nSPS) is 18.5. The fourth-order valence-corrected chi connectivity index (χ4v) is 8.01. The van der Waals surface area contributed by atoms with Crippen LogP contribution in [0.2, 0.25) is 0 Å². The third-order valence-corrected chi connectivity index (χ3v) is 10.5. The van der Waals surface area contributed by atoms with E-state index in [0.717, 1.165) is 36.2 Å². The highest BCUT2D eigenvalue weighted by molar-refractivity contribution is 6.30. The second-order valence-electron chi connectivity index (χ2n) is 13.4. The SMILES string of the molecule is COc1nc(C2C=Cc3ccc4c5c(ccc2c35)CC=C4)nc2c1/C(=C/C=C(\c1ccccc1)c1ccc(N3CCCCC3)cc1)C(=O)C=C2. The number of nitrogens with zero attached hydrogens (tertiary/aromatic N) is 3. The molecule has 1 atom stereocenters. The van der Waals surface area contributed by atoms with Gasteiger partial charge in [-0.15, -0.1) is 0 Å². The van der Waals surface area contributed by atoms with Crippen molar-refractivity contribution in [2.45, 2.75) is 31.6 Å². The molecule has 244 valence electrons. The lowest BCUT2D eigenvalue weighted by atomic mass is 9.80. The maximum Gasteiger partial charge on any atom is 0.225 e. The molecule has 0 amide bonds. The van der Waals surface area contributed by atoms with Gasteiger partial charge >= 0.3 is 0 Å². The number of hydrogen-bond donors (Lipinski definition) is 0. The van der Waals surface area contributed by atoms with Gasteiger partial charge in [-0.25, -0.2) is 4.98 Å². The Kier molecular flexibility index (Phi) is 7.61. The lowest BCUT2D eigenvalue weighted by molar-refractivity contribution is -0.109. The van der Waals surface area contributed by atoms with E-state index in [0.29, 0.717) is 28.5 Å². The topological polar surface area (TPSA) is 55.3 Å². The number of carbonyl (C=O) groups is 1. The summed E-state index contributed by atoms with van der Waals surface area (Å²) in [7, 11) is 1.62. The Morgan fingerprint density at radius 1 is 0.800 bits per heavy atom. The van der Waals surface area contributed by atoms with Gasteiger partial charge in [0.05, 0.1) is 24.3 Å². The number of fused-ring (bicyclic) bond motifs is 1. The second-order valence-corrected chi connectivity index (χ2v) is 13.4. The minimum atomic E-state index is -0.146. The highest BCUT2D eigenvalue weighted by Crippen LogP contribution is 2.43. The number of allylic oxidation sites excluding steroid dienone is 6. The van der Waals surface area contributed by atoms with E-state index in [2.05, 4.69) is 89.9 Å². The summed E-state index contributed by atoms with van der Waals surface area (Å²) in [4.78, 5) is 26.1. The molecule has 5 aromatic rings. The van der Waals surface area contributed by atoms with E-state index >= 15 is 0 Å². The van der Waals surface area contributed by atoms with Gasteiger partial charge in [-0.1, -0.05) is 97.1 Å². The molecule has 0 saturated carbocycles. The fourth-order valence-electron chi connectivity index (χ4n) is 8.01. The number of carbonyl (C=O) groups excluding carboxylic acids is 1. The van der Waals surface area contributed by atoms with Crippen molar-refractivity contribution in [2.75, 3.05) is 25.1 Å². The fraction of sp³-hybridized carbons (Fsp3) is 0.178. The number of ketones is 1. The van der Waals surface area contributed by atoms with Crippen molar-refractivity contribution in [3.8, 4) is 5.88 Å². The highest BCUT2D eigenvalue weighted by atomic mass is 16.5. The van der Waals surface area contributed by atoms with Gasteiger partial charge in [0.15, 0.2) is 5.78 Å². The molecule has 2 heterocycles. The third kappa shape index (κ3) is 5.21. The molecular weight excluding hydrogens is 615 g/mol. The molecule has 9 rings (SSSR count). The van der Waals surface area contributed by atoms with Gasteiger partial charge < -0.3 is 9.64 Å². The van der Waals surface area contributed by atoms with E-state index < -0.39 is 0 Å². The zero-order valence-corrected chi connectivity index (χ0v) is 28.1. The summed E-state index contributed by atoms with van der Waals surface area (Å²) >= 11 is 0. The average molecular weight is 652 g/mol. The van der Waals surface area contributed by atoms with Crippen molar-refractivity contribution in [3.05, 3.63) is 160 Å². The van der Waals surface area contributed by atoms with Crippen LogP contribution in [0.15, 0.2) is 109 Å². The maximum absolute atomic E-state index is 13.6. The summed E-state index contributed by atoms with van der Waals surface area (Å²) in [6.07, 6.45) is 20.9. The van der Waals surface area contributed by atoms with Gasteiger partial charge in [0.1, 0.15) is 5.82 Å². The number of aromatic nitrogens is 2. The van der Waals surface area contributed by atoms with Crippen LogP contribution >= 0.6 is 0 Å². The molecule has 5 heteroatoms. The van der Waals surface area contributed by atoms with E-state index in [4.69, 9.17) is 14.7 Å². The largest absolute Gasteiger partial charge is 0.480 e. The Balaban J connectivity index is 1.12. The summed E-state index contributed by atoms with van der Waals surface area (Å²) in [6, 6.07) is 28.0. The molecule has 0 bridgehead atoms. The molecule has 1 aromatic heterocycles. The van der Waals surface area contributed by atoms with Crippen LogP contribution in [0.25, 0.3) is 40.1 Å². The summed E-state index contributed by atoms with van der Waals surface area (Å²) in [5.74, 6) is 0.810. The predicted molar refractivity (Wildman–Crippen MR) is 204 cm³/mol. The second kappa shape index (κ2) is 12.6. The van der Waals surface area contributed by atoms with Crippen LogP contribution in [0.4, 0.5) is 5.69 Å². The molecular formula is C45H37N3O2. The number of rotatable bonds is 6. The molecule has 0 spiro atoms. The van der Waals surface area contributed by atoms with Crippen LogP contribution in [0.5, 0.6) is 5.88 Å². The molecule has 1 aliphatic heterocycles. The van der Waals surface area contributed by atoms with E-state index in [1.807, 2.05) is 30.4 Å². The Bertz CT molecular complexity index is 2320. The minimum absolute atomic E-state index is 0.102. The number of piperidine rings is 1. The van der Waals surface area contributed by atoms with Crippen LogP contribution < -0.4 is 9.64 Å². The van der Waals surface area contributed by atoms with E-state index in [9.17, 15) is 4.79 Å². The molecule has 4 aliphatic rings. The van der Waals surface area contributed by atoms with E-state index in [1.165, 1.54) is 58.0 Å². The zero-order chi connectivity index (χ0) is 33.6. The van der Waals surface area contributed by atoms with Crippen LogP contribution in [-0.4, -0.2) is 36.0 Å². The molecule has 50 heavy (non-hydrogen) atoms. The number of methoxy groups -OCH3 is 1. The highest BCUT2D eigenvalue weighted by Gasteiger charge is 2.29. The zero-order valence-electron chi connectivity index (χ0n) is 28.1. The average Bonchev–Trinajstić information content (AvgIpc) is 3.18. The van der Waals surface area contributed by atoms with Gasteiger partial charge in [0.2, 0.25) is 5.88 Å². The minimum Gasteiger partial charge on any atom is -0.480 e. The molecule has 0 radical (unpaired) electrons.